The highest BCUT2D eigenvalue weighted by Crippen LogP contribution is 2.42. The summed E-state index contributed by atoms with van der Waals surface area (Å²) in [5.74, 6) is 0.427. The van der Waals surface area contributed by atoms with Crippen molar-refractivity contribution >= 4 is 11.8 Å². The summed E-state index contributed by atoms with van der Waals surface area (Å²) in [6.07, 6.45) is 2.83. The molecule has 0 spiro atoms. The number of carbonyl (C=O) groups excluding carboxylic acids is 2. The van der Waals surface area contributed by atoms with E-state index in [1.807, 2.05) is 6.92 Å². The number of carbonyl (C=O) groups is 2. The molecule has 0 fully saturated rings. The van der Waals surface area contributed by atoms with Gasteiger partial charge in [0.1, 0.15) is 12.4 Å². The van der Waals surface area contributed by atoms with E-state index in [2.05, 4.69) is 0 Å². The van der Waals surface area contributed by atoms with E-state index in [9.17, 15) is 9.59 Å². The minimum absolute atomic E-state index is 0.0325. The van der Waals surface area contributed by atoms with Crippen LogP contribution in [0.3, 0.4) is 0 Å². The first-order chi connectivity index (χ1) is 7.99. The third-order valence-electron chi connectivity index (χ3n) is 3.73. The van der Waals surface area contributed by atoms with Crippen LogP contribution in [0.4, 0.5) is 0 Å². The van der Waals surface area contributed by atoms with Gasteiger partial charge in [-0.3, -0.25) is 4.79 Å². The molecule has 92 valence electrons. The highest BCUT2D eigenvalue weighted by atomic mass is 16.5. The lowest BCUT2D eigenvalue weighted by Crippen LogP contribution is -2.35. The predicted octanol–water partition coefficient (Wildman–Crippen LogP) is 1.76. The Kier molecular flexibility index (Phi) is 2.81. The van der Waals surface area contributed by atoms with Gasteiger partial charge in [-0.15, -0.1) is 0 Å². The molecule has 4 heteroatoms. The van der Waals surface area contributed by atoms with Crippen LogP contribution in [0.2, 0.25) is 0 Å². The molecule has 0 bridgehead atoms. The minimum atomic E-state index is -0.613. The number of ether oxygens (including phenoxy) is 2. The highest BCUT2D eigenvalue weighted by molar-refractivity contribution is 6.03. The molecule has 0 amide bonds. The van der Waals surface area contributed by atoms with Crippen molar-refractivity contribution < 1.29 is 19.1 Å². The highest BCUT2D eigenvalue weighted by Gasteiger charge is 2.43. The summed E-state index contributed by atoms with van der Waals surface area (Å²) >= 11 is 0. The molecule has 1 atom stereocenters. The van der Waals surface area contributed by atoms with E-state index in [-0.39, 0.29) is 18.4 Å². The van der Waals surface area contributed by atoms with Crippen molar-refractivity contribution in [1.29, 1.82) is 0 Å². The molecule has 2 rings (SSSR count). The van der Waals surface area contributed by atoms with Gasteiger partial charge in [0.25, 0.3) is 0 Å². The number of Topliss-reactive ketones (excluding diaryl/α,β-unsaturated/α-hetero) is 1. The lowest BCUT2D eigenvalue weighted by molar-refractivity contribution is -0.135. The Bertz CT molecular complexity index is 444. The zero-order chi connectivity index (χ0) is 12.6. The van der Waals surface area contributed by atoms with E-state index >= 15 is 0 Å². The lowest BCUT2D eigenvalue weighted by Gasteiger charge is -2.33. The van der Waals surface area contributed by atoms with Crippen LogP contribution >= 0.6 is 0 Å². The maximum atomic E-state index is 12.4. The van der Waals surface area contributed by atoms with Crippen LogP contribution < -0.4 is 0 Å². The molecule has 1 aliphatic heterocycles. The molecule has 0 aromatic rings. The molecule has 17 heavy (non-hydrogen) atoms. The van der Waals surface area contributed by atoms with Crippen LogP contribution in [0.15, 0.2) is 23.0 Å². The fourth-order valence-corrected chi connectivity index (χ4v) is 2.46. The molecule has 0 saturated carbocycles. The largest absolute Gasteiger partial charge is 0.501 e. The molecule has 0 aromatic heterocycles. The quantitative estimate of drug-likeness (QED) is 0.685. The van der Waals surface area contributed by atoms with Crippen molar-refractivity contribution in [2.75, 3.05) is 13.7 Å². The van der Waals surface area contributed by atoms with Gasteiger partial charge >= 0.3 is 5.97 Å². The van der Waals surface area contributed by atoms with E-state index in [0.29, 0.717) is 12.0 Å². The van der Waals surface area contributed by atoms with Crippen molar-refractivity contribution in [3.63, 3.8) is 0 Å². The third-order valence-corrected chi connectivity index (χ3v) is 3.73. The summed E-state index contributed by atoms with van der Waals surface area (Å²) in [7, 11) is 1.58. The van der Waals surface area contributed by atoms with E-state index < -0.39 is 5.41 Å². The number of cyclic esters (lactones) is 1. The van der Waals surface area contributed by atoms with Crippen LogP contribution in [0.25, 0.3) is 0 Å². The Morgan fingerprint density at radius 3 is 2.65 bits per heavy atom. The summed E-state index contributed by atoms with van der Waals surface area (Å²) in [5, 5.41) is 0. The maximum Gasteiger partial charge on any atom is 0.331 e. The summed E-state index contributed by atoms with van der Waals surface area (Å²) in [5.41, 5.74) is 0.821. The van der Waals surface area contributed by atoms with Gasteiger partial charge < -0.3 is 9.47 Å². The Morgan fingerprint density at radius 2 is 2.12 bits per heavy atom. The van der Waals surface area contributed by atoms with Crippen LogP contribution in [-0.2, 0) is 19.1 Å². The Balaban J connectivity index is 2.36. The molecule has 4 nitrogen and oxygen atoms in total. The van der Waals surface area contributed by atoms with Crippen LogP contribution in [-0.4, -0.2) is 25.5 Å². The number of allylic oxidation sites excluding steroid dienone is 2. The zero-order valence-corrected chi connectivity index (χ0v) is 10.3. The van der Waals surface area contributed by atoms with Crippen LogP contribution in [0.1, 0.15) is 26.7 Å². The number of methoxy groups -OCH3 is 1. The second-order valence-corrected chi connectivity index (χ2v) is 4.69. The zero-order valence-electron chi connectivity index (χ0n) is 10.3. The third kappa shape index (κ3) is 1.77. The SMILES string of the molecule is COC1=C(C)C(=O)C(C)(C2=CC(=O)OC2)CC1. The number of ketones is 1. The van der Waals surface area contributed by atoms with Crippen molar-refractivity contribution in [2.24, 2.45) is 5.41 Å². The lowest BCUT2D eigenvalue weighted by atomic mass is 9.69. The maximum absolute atomic E-state index is 12.4. The first-order valence-corrected chi connectivity index (χ1v) is 5.65. The molecular weight excluding hydrogens is 220 g/mol. The second kappa shape index (κ2) is 4.02. The minimum Gasteiger partial charge on any atom is -0.501 e. The predicted molar refractivity (Wildman–Crippen MR) is 61.1 cm³/mol. The van der Waals surface area contributed by atoms with E-state index in [1.165, 1.54) is 6.08 Å². The first kappa shape index (κ1) is 11.9. The topological polar surface area (TPSA) is 52.6 Å². The first-order valence-electron chi connectivity index (χ1n) is 5.65. The van der Waals surface area contributed by atoms with Gasteiger partial charge in [-0.1, -0.05) is 0 Å². The number of esters is 1. The van der Waals surface area contributed by atoms with E-state index in [0.717, 1.165) is 17.8 Å². The van der Waals surface area contributed by atoms with Gasteiger partial charge in [0.2, 0.25) is 0 Å². The Morgan fingerprint density at radius 1 is 1.41 bits per heavy atom. The van der Waals surface area contributed by atoms with Gasteiger partial charge in [0.15, 0.2) is 5.78 Å². The molecular formula is C13H16O4. The Hall–Kier alpha value is -1.58. The Labute approximate surface area is 100 Å². The molecule has 0 radical (unpaired) electrons. The van der Waals surface area contributed by atoms with Crippen molar-refractivity contribution in [3.05, 3.63) is 23.0 Å². The van der Waals surface area contributed by atoms with Gasteiger partial charge in [0, 0.05) is 18.1 Å². The molecule has 2 aliphatic rings. The molecule has 1 heterocycles. The average Bonchev–Trinajstić information content (AvgIpc) is 2.74. The van der Waals surface area contributed by atoms with E-state index in [4.69, 9.17) is 9.47 Å². The normalized spacial score (nSPS) is 29.2. The monoisotopic (exact) mass is 236 g/mol. The number of rotatable bonds is 2. The molecule has 0 N–H and O–H groups in total. The summed E-state index contributed by atoms with van der Waals surface area (Å²) < 4.78 is 10.1. The average molecular weight is 236 g/mol. The molecule has 0 aromatic carbocycles. The second-order valence-electron chi connectivity index (χ2n) is 4.69. The van der Waals surface area contributed by atoms with Gasteiger partial charge in [-0.25, -0.2) is 4.79 Å². The molecule has 1 aliphatic carbocycles. The number of hydrogen-bond acceptors (Lipinski definition) is 4. The fraction of sp³-hybridized carbons (Fsp3) is 0.538. The van der Waals surface area contributed by atoms with Gasteiger partial charge in [0.05, 0.1) is 12.5 Å². The molecule has 1 unspecified atom stereocenters. The number of hydrogen-bond donors (Lipinski definition) is 0. The van der Waals surface area contributed by atoms with Crippen molar-refractivity contribution in [3.8, 4) is 0 Å². The smallest absolute Gasteiger partial charge is 0.331 e. The fourth-order valence-electron chi connectivity index (χ4n) is 2.46. The van der Waals surface area contributed by atoms with Crippen molar-refractivity contribution in [2.45, 2.75) is 26.7 Å². The molecule has 0 saturated heterocycles. The van der Waals surface area contributed by atoms with Crippen LogP contribution in [0, 0.1) is 5.41 Å². The summed E-state index contributed by atoms with van der Waals surface area (Å²) in [6, 6.07) is 0. The van der Waals surface area contributed by atoms with Gasteiger partial charge in [-0.2, -0.15) is 0 Å². The van der Waals surface area contributed by atoms with E-state index in [1.54, 1.807) is 14.0 Å². The van der Waals surface area contributed by atoms with Crippen LogP contribution in [0.5, 0.6) is 0 Å². The van der Waals surface area contributed by atoms with Gasteiger partial charge in [-0.05, 0) is 25.8 Å². The summed E-state index contributed by atoms with van der Waals surface area (Å²) in [6.45, 7) is 3.88. The standard InChI is InChI=1S/C13H16O4/c1-8-10(16-3)4-5-13(2,12(8)15)9-6-11(14)17-7-9/h6H,4-5,7H2,1-3H3. The summed E-state index contributed by atoms with van der Waals surface area (Å²) in [4.78, 5) is 23.5. The van der Waals surface area contributed by atoms with Crippen molar-refractivity contribution in [1.82, 2.24) is 0 Å².